The van der Waals surface area contributed by atoms with Gasteiger partial charge in [-0.2, -0.15) is 5.26 Å². The quantitative estimate of drug-likeness (QED) is 0.368. The topological polar surface area (TPSA) is 84.7 Å². The van der Waals surface area contributed by atoms with E-state index in [1.165, 1.54) is 0 Å². The molecule has 3 heterocycles. The summed E-state index contributed by atoms with van der Waals surface area (Å²) < 4.78 is 17.2. The lowest BCUT2D eigenvalue weighted by Crippen LogP contribution is -2.39. The number of aromatic nitrogens is 1. The minimum atomic E-state index is -0.164. The Hall–Kier alpha value is -4.83. The molecular weight excluding hydrogens is 466 g/mol. The van der Waals surface area contributed by atoms with E-state index in [1.54, 1.807) is 4.90 Å². The average molecular weight is 490 g/mol. The molecule has 6 rings (SSSR count). The average Bonchev–Trinajstić information content (AvgIpc) is 2.96. The van der Waals surface area contributed by atoms with E-state index < -0.39 is 0 Å². The summed E-state index contributed by atoms with van der Waals surface area (Å²) in [6.07, 6.45) is 0.241. The van der Waals surface area contributed by atoms with Crippen LogP contribution in [-0.2, 0) is 4.79 Å². The maximum absolute atomic E-state index is 12.6. The molecule has 37 heavy (non-hydrogen) atoms. The fourth-order valence-electron chi connectivity index (χ4n) is 4.59. The summed E-state index contributed by atoms with van der Waals surface area (Å²) in [6.45, 7) is 1.33. The monoisotopic (exact) mass is 489 g/mol. The number of fused-ring (bicyclic) bond motifs is 2. The third kappa shape index (κ3) is 4.45. The molecule has 0 saturated heterocycles. The minimum absolute atomic E-state index is 0.0339. The van der Waals surface area contributed by atoms with Crippen LogP contribution in [0.1, 0.15) is 6.42 Å². The van der Waals surface area contributed by atoms with Crippen LogP contribution >= 0.6 is 0 Å². The standard InChI is InChI=1S/C30H23N3O4/c31-11-4-12-33-26-17-21(7-9-27(26)37-19-30(33)34)24-15-23(20-5-2-1-3-6-20)16-25(32-24)22-8-10-28-29(18-22)36-14-13-35-28/h1-3,5-10,15-18H,4,12-14,19H2. The second-order valence-corrected chi connectivity index (χ2v) is 8.78. The van der Waals surface area contributed by atoms with Gasteiger partial charge in [-0.25, -0.2) is 4.98 Å². The van der Waals surface area contributed by atoms with Crippen molar-refractivity contribution in [3.8, 4) is 57.0 Å². The van der Waals surface area contributed by atoms with Gasteiger partial charge in [0.25, 0.3) is 5.91 Å². The third-order valence-electron chi connectivity index (χ3n) is 6.42. The van der Waals surface area contributed by atoms with Gasteiger partial charge in [0.2, 0.25) is 0 Å². The van der Waals surface area contributed by atoms with Crippen molar-refractivity contribution in [1.29, 1.82) is 5.26 Å². The van der Waals surface area contributed by atoms with Crippen LogP contribution in [-0.4, -0.2) is 37.3 Å². The Kier molecular flexibility index (Phi) is 5.91. The molecule has 4 aromatic rings. The number of hydrogen-bond donors (Lipinski definition) is 0. The van der Waals surface area contributed by atoms with Crippen molar-refractivity contribution in [2.45, 2.75) is 6.42 Å². The fraction of sp³-hybridized carbons (Fsp3) is 0.167. The highest BCUT2D eigenvalue weighted by Crippen LogP contribution is 2.39. The molecule has 2 aliphatic heterocycles. The number of nitrogens with zero attached hydrogens (tertiary/aromatic N) is 3. The van der Waals surface area contributed by atoms with Crippen molar-refractivity contribution in [3.63, 3.8) is 0 Å². The first-order valence-corrected chi connectivity index (χ1v) is 12.1. The summed E-state index contributed by atoms with van der Waals surface area (Å²) in [5.74, 6) is 1.89. The van der Waals surface area contributed by atoms with E-state index in [1.807, 2.05) is 60.7 Å². The Morgan fingerprint density at radius 2 is 1.46 bits per heavy atom. The first-order valence-electron chi connectivity index (χ1n) is 12.1. The molecule has 0 fully saturated rings. The Bertz CT molecular complexity index is 1530. The predicted molar refractivity (Wildman–Crippen MR) is 140 cm³/mol. The predicted octanol–water partition coefficient (Wildman–Crippen LogP) is 5.49. The lowest BCUT2D eigenvalue weighted by molar-refractivity contribution is -0.121. The molecule has 0 N–H and O–H groups in total. The molecule has 2 aliphatic rings. The van der Waals surface area contributed by atoms with Gasteiger partial charge < -0.3 is 19.1 Å². The molecule has 0 saturated carbocycles. The molecule has 0 radical (unpaired) electrons. The van der Waals surface area contributed by atoms with Gasteiger partial charge >= 0.3 is 0 Å². The number of pyridine rings is 1. The second kappa shape index (κ2) is 9.67. The van der Waals surface area contributed by atoms with Gasteiger partial charge in [-0.3, -0.25) is 4.79 Å². The normalized spacial score (nSPS) is 13.9. The van der Waals surface area contributed by atoms with E-state index in [-0.39, 0.29) is 18.9 Å². The van der Waals surface area contributed by atoms with Gasteiger partial charge in [-0.05, 0) is 59.7 Å². The fourth-order valence-corrected chi connectivity index (χ4v) is 4.59. The van der Waals surface area contributed by atoms with Crippen LogP contribution in [0.15, 0.2) is 78.9 Å². The van der Waals surface area contributed by atoms with Crippen molar-refractivity contribution >= 4 is 11.6 Å². The smallest absolute Gasteiger partial charge is 0.265 e. The Morgan fingerprint density at radius 3 is 2.22 bits per heavy atom. The van der Waals surface area contributed by atoms with Crippen molar-refractivity contribution in [2.24, 2.45) is 0 Å². The molecule has 3 aromatic carbocycles. The zero-order valence-electron chi connectivity index (χ0n) is 20.0. The highest BCUT2D eigenvalue weighted by Gasteiger charge is 2.26. The zero-order valence-corrected chi connectivity index (χ0v) is 20.0. The summed E-state index contributed by atoms with van der Waals surface area (Å²) >= 11 is 0. The largest absolute Gasteiger partial charge is 0.486 e. The number of rotatable bonds is 5. The molecule has 0 spiro atoms. The van der Waals surface area contributed by atoms with Crippen molar-refractivity contribution in [2.75, 3.05) is 31.3 Å². The van der Waals surface area contributed by atoms with E-state index in [2.05, 4.69) is 24.3 Å². The van der Waals surface area contributed by atoms with E-state index in [4.69, 9.17) is 24.5 Å². The summed E-state index contributed by atoms with van der Waals surface area (Å²) in [5, 5.41) is 9.07. The van der Waals surface area contributed by atoms with Crippen LogP contribution in [0.25, 0.3) is 33.6 Å². The van der Waals surface area contributed by atoms with Gasteiger partial charge in [-0.1, -0.05) is 30.3 Å². The Labute approximate surface area is 214 Å². The minimum Gasteiger partial charge on any atom is -0.486 e. The summed E-state index contributed by atoms with van der Waals surface area (Å²) in [5.41, 5.74) is 6.04. The molecule has 0 bridgehead atoms. The van der Waals surface area contributed by atoms with Crippen LogP contribution < -0.4 is 19.1 Å². The number of hydrogen-bond acceptors (Lipinski definition) is 6. The van der Waals surface area contributed by atoms with Gasteiger partial charge in [0, 0.05) is 17.7 Å². The van der Waals surface area contributed by atoms with E-state index >= 15 is 0 Å². The summed E-state index contributed by atoms with van der Waals surface area (Å²) in [7, 11) is 0. The Morgan fingerprint density at radius 1 is 0.757 bits per heavy atom. The van der Waals surface area contributed by atoms with E-state index in [0.29, 0.717) is 36.9 Å². The molecule has 182 valence electrons. The summed E-state index contributed by atoms with van der Waals surface area (Å²) in [6, 6.07) is 27.9. The van der Waals surface area contributed by atoms with Gasteiger partial charge in [0.1, 0.15) is 19.0 Å². The van der Waals surface area contributed by atoms with Crippen LogP contribution in [0.2, 0.25) is 0 Å². The van der Waals surface area contributed by atoms with E-state index in [0.717, 1.165) is 39.4 Å². The van der Waals surface area contributed by atoms with Crippen LogP contribution in [0.4, 0.5) is 5.69 Å². The molecule has 1 amide bonds. The molecule has 7 nitrogen and oxygen atoms in total. The first kappa shape index (κ1) is 22.6. The molecule has 7 heteroatoms. The third-order valence-corrected chi connectivity index (χ3v) is 6.42. The highest BCUT2D eigenvalue weighted by atomic mass is 16.6. The van der Waals surface area contributed by atoms with E-state index in [9.17, 15) is 4.79 Å². The first-order chi connectivity index (χ1) is 18.2. The number of amides is 1. The van der Waals surface area contributed by atoms with Crippen LogP contribution in [0.5, 0.6) is 17.2 Å². The molecule has 1 aromatic heterocycles. The zero-order chi connectivity index (χ0) is 25.2. The molecule has 0 atom stereocenters. The number of ether oxygens (including phenoxy) is 3. The van der Waals surface area contributed by atoms with Crippen LogP contribution in [0.3, 0.4) is 0 Å². The number of carbonyl (C=O) groups excluding carboxylic acids is 1. The Balaban J connectivity index is 1.48. The maximum Gasteiger partial charge on any atom is 0.265 e. The van der Waals surface area contributed by atoms with Crippen molar-refractivity contribution in [1.82, 2.24) is 4.98 Å². The molecule has 0 aliphatic carbocycles. The van der Waals surface area contributed by atoms with Crippen molar-refractivity contribution < 1.29 is 19.0 Å². The number of anilines is 1. The summed E-state index contributed by atoms with van der Waals surface area (Å²) in [4.78, 5) is 19.2. The molecule has 0 unspecified atom stereocenters. The second-order valence-electron chi connectivity index (χ2n) is 8.78. The van der Waals surface area contributed by atoms with Gasteiger partial charge in [-0.15, -0.1) is 0 Å². The number of carbonyl (C=O) groups is 1. The number of benzene rings is 3. The van der Waals surface area contributed by atoms with Crippen LogP contribution in [0, 0.1) is 11.3 Å². The SMILES string of the molecule is N#CCCN1C(=O)COc2ccc(-c3cc(-c4ccccc4)cc(-c4ccc5c(c4)OCCO5)n3)cc21. The lowest BCUT2D eigenvalue weighted by atomic mass is 9.99. The molecular formula is C30H23N3O4. The number of nitriles is 1. The maximum atomic E-state index is 12.6. The highest BCUT2D eigenvalue weighted by molar-refractivity contribution is 5.98. The van der Waals surface area contributed by atoms with Gasteiger partial charge in [0.05, 0.1) is 29.6 Å². The van der Waals surface area contributed by atoms with Gasteiger partial charge in [0.15, 0.2) is 18.1 Å². The van der Waals surface area contributed by atoms with Crippen molar-refractivity contribution in [3.05, 3.63) is 78.9 Å². The lowest BCUT2D eigenvalue weighted by Gasteiger charge is -2.29.